The molecular formula is C14H24IN3O. The van der Waals surface area contributed by atoms with Gasteiger partial charge in [-0.1, -0.05) is 27.7 Å². The van der Waals surface area contributed by atoms with Crippen molar-refractivity contribution in [2.45, 2.75) is 47.1 Å². The number of aromatic nitrogens is 2. The third kappa shape index (κ3) is 5.60. The number of nitrogens with zero attached hydrogens (tertiary/aromatic N) is 2. The second-order valence-electron chi connectivity index (χ2n) is 5.85. The van der Waals surface area contributed by atoms with Crippen molar-refractivity contribution >= 4 is 28.4 Å². The third-order valence-corrected chi connectivity index (χ3v) is 3.61. The Bertz CT molecular complexity index is 416. The number of rotatable bonds is 6. The van der Waals surface area contributed by atoms with E-state index in [9.17, 15) is 0 Å². The second kappa shape index (κ2) is 7.38. The summed E-state index contributed by atoms with van der Waals surface area (Å²) in [6.07, 6.45) is 1.94. The van der Waals surface area contributed by atoms with Gasteiger partial charge in [-0.2, -0.15) is 0 Å². The molecule has 0 spiro atoms. The number of ether oxygens (including phenoxy) is 1. The predicted molar refractivity (Wildman–Crippen MR) is 87.4 cm³/mol. The van der Waals surface area contributed by atoms with Crippen molar-refractivity contribution in [1.29, 1.82) is 0 Å². The molecule has 0 aliphatic rings. The lowest BCUT2D eigenvalue weighted by atomic mass is 9.92. The topological polar surface area (TPSA) is 47.0 Å². The minimum Gasteiger partial charge on any atom is -0.378 e. The van der Waals surface area contributed by atoms with E-state index in [2.05, 4.69) is 65.6 Å². The smallest absolute Gasteiger partial charge is 0.143 e. The molecule has 0 radical (unpaired) electrons. The Morgan fingerprint density at radius 2 is 1.95 bits per heavy atom. The van der Waals surface area contributed by atoms with E-state index < -0.39 is 0 Å². The van der Waals surface area contributed by atoms with Crippen LogP contribution in [-0.2, 0) is 17.8 Å². The molecule has 0 unspecified atom stereocenters. The fourth-order valence-electron chi connectivity index (χ4n) is 1.69. The zero-order chi connectivity index (χ0) is 14.5. The molecule has 0 atom stereocenters. The van der Waals surface area contributed by atoms with Crippen LogP contribution in [0.2, 0.25) is 0 Å². The van der Waals surface area contributed by atoms with Crippen LogP contribution >= 0.6 is 22.6 Å². The molecular weight excluding hydrogens is 353 g/mol. The summed E-state index contributed by atoms with van der Waals surface area (Å²) in [5.74, 6) is 1.82. The summed E-state index contributed by atoms with van der Waals surface area (Å²) in [5.41, 5.74) is 1.15. The van der Waals surface area contributed by atoms with Gasteiger partial charge in [0.15, 0.2) is 0 Å². The molecule has 0 saturated carbocycles. The molecule has 0 aliphatic carbocycles. The van der Waals surface area contributed by atoms with Crippen LogP contribution in [0.4, 0.5) is 5.82 Å². The van der Waals surface area contributed by atoms with E-state index in [1.54, 1.807) is 7.11 Å². The normalized spacial score (nSPS) is 11.7. The molecule has 0 aliphatic heterocycles. The quantitative estimate of drug-likeness (QED) is 0.769. The van der Waals surface area contributed by atoms with Crippen LogP contribution < -0.4 is 5.32 Å². The Labute approximate surface area is 129 Å². The van der Waals surface area contributed by atoms with Gasteiger partial charge < -0.3 is 10.1 Å². The fraction of sp³-hybridized carbons (Fsp3) is 0.714. The Kier molecular flexibility index (Phi) is 6.46. The highest BCUT2D eigenvalue weighted by Gasteiger charge is 2.17. The first-order valence-corrected chi connectivity index (χ1v) is 7.73. The molecule has 1 aromatic rings. The number of halogens is 1. The van der Waals surface area contributed by atoms with E-state index in [0.717, 1.165) is 40.3 Å². The molecule has 1 rings (SSSR count). The van der Waals surface area contributed by atoms with Crippen LogP contribution in [0.3, 0.4) is 0 Å². The summed E-state index contributed by atoms with van der Waals surface area (Å²) in [4.78, 5) is 9.29. The van der Waals surface area contributed by atoms with Crippen molar-refractivity contribution in [2.24, 2.45) is 5.41 Å². The van der Waals surface area contributed by atoms with E-state index in [1.807, 2.05) is 0 Å². The molecule has 0 bridgehead atoms. The summed E-state index contributed by atoms with van der Waals surface area (Å²) in [7, 11) is 1.70. The van der Waals surface area contributed by atoms with E-state index in [0.29, 0.717) is 6.61 Å². The number of anilines is 1. The first kappa shape index (κ1) is 16.6. The average molecular weight is 377 g/mol. The van der Waals surface area contributed by atoms with Crippen LogP contribution in [0.1, 0.15) is 45.6 Å². The molecule has 19 heavy (non-hydrogen) atoms. The van der Waals surface area contributed by atoms with Gasteiger partial charge in [-0.15, -0.1) is 0 Å². The van der Waals surface area contributed by atoms with Gasteiger partial charge in [0, 0.05) is 20.1 Å². The second-order valence-corrected chi connectivity index (χ2v) is 6.93. The lowest BCUT2D eigenvalue weighted by molar-refractivity contribution is 0.180. The minimum absolute atomic E-state index is 0.180. The Morgan fingerprint density at radius 1 is 1.26 bits per heavy atom. The van der Waals surface area contributed by atoms with Crippen molar-refractivity contribution in [3.8, 4) is 0 Å². The van der Waals surface area contributed by atoms with Crippen molar-refractivity contribution in [3.05, 3.63) is 15.1 Å². The lowest BCUT2D eigenvalue weighted by Crippen LogP contribution is -2.16. The number of hydrogen-bond donors (Lipinski definition) is 1. The van der Waals surface area contributed by atoms with Gasteiger partial charge >= 0.3 is 0 Å². The predicted octanol–water partition coefficient (Wildman–Crippen LogP) is 3.64. The van der Waals surface area contributed by atoms with Crippen LogP contribution in [-0.4, -0.2) is 23.6 Å². The molecule has 1 aromatic heterocycles. The summed E-state index contributed by atoms with van der Waals surface area (Å²) in [5, 5.41) is 3.37. The standard InChI is InChI=1S/C14H24IN3O/c1-6-7-16-13-12(15)10(9-19-5)17-11(18-13)8-14(2,3)4/h6-9H2,1-5H3,(H,16,17,18). The summed E-state index contributed by atoms with van der Waals surface area (Å²) < 4.78 is 6.29. The fourth-order valence-corrected chi connectivity index (χ4v) is 2.28. The maximum Gasteiger partial charge on any atom is 0.143 e. The molecule has 0 fully saturated rings. The van der Waals surface area contributed by atoms with Crippen LogP contribution in [0.5, 0.6) is 0 Å². The number of hydrogen-bond acceptors (Lipinski definition) is 4. The van der Waals surface area contributed by atoms with Gasteiger partial charge in [0.05, 0.1) is 15.9 Å². The number of methoxy groups -OCH3 is 1. The lowest BCUT2D eigenvalue weighted by Gasteiger charge is -2.19. The van der Waals surface area contributed by atoms with Gasteiger partial charge in [0.1, 0.15) is 11.6 Å². The van der Waals surface area contributed by atoms with Crippen molar-refractivity contribution in [3.63, 3.8) is 0 Å². The highest BCUT2D eigenvalue weighted by atomic mass is 127. The first-order valence-electron chi connectivity index (χ1n) is 6.65. The average Bonchev–Trinajstić information content (AvgIpc) is 2.29. The van der Waals surface area contributed by atoms with E-state index in [4.69, 9.17) is 4.74 Å². The SMILES string of the molecule is CCCNc1nc(CC(C)(C)C)nc(COC)c1I. The highest BCUT2D eigenvalue weighted by Crippen LogP contribution is 2.24. The zero-order valence-corrected chi connectivity index (χ0v) is 14.7. The third-order valence-electron chi connectivity index (χ3n) is 2.48. The van der Waals surface area contributed by atoms with Gasteiger partial charge in [-0.3, -0.25) is 0 Å². The van der Waals surface area contributed by atoms with Gasteiger partial charge in [0.25, 0.3) is 0 Å². The molecule has 0 saturated heterocycles. The van der Waals surface area contributed by atoms with Crippen LogP contribution in [0, 0.1) is 8.99 Å². The summed E-state index contributed by atoms with van der Waals surface area (Å²) in [6, 6.07) is 0. The Morgan fingerprint density at radius 3 is 2.47 bits per heavy atom. The maximum absolute atomic E-state index is 5.23. The van der Waals surface area contributed by atoms with E-state index in [1.165, 1.54) is 0 Å². The largest absolute Gasteiger partial charge is 0.378 e. The van der Waals surface area contributed by atoms with Gasteiger partial charge in [0.2, 0.25) is 0 Å². The Balaban J connectivity index is 3.07. The summed E-state index contributed by atoms with van der Waals surface area (Å²) >= 11 is 2.29. The minimum atomic E-state index is 0.180. The molecule has 1 heterocycles. The molecule has 108 valence electrons. The molecule has 0 amide bonds. The Hall–Kier alpha value is -0.430. The van der Waals surface area contributed by atoms with Gasteiger partial charge in [-0.05, 0) is 34.4 Å². The van der Waals surface area contributed by atoms with E-state index >= 15 is 0 Å². The van der Waals surface area contributed by atoms with Crippen molar-refractivity contribution in [2.75, 3.05) is 19.0 Å². The van der Waals surface area contributed by atoms with Crippen molar-refractivity contribution < 1.29 is 4.74 Å². The molecule has 4 nitrogen and oxygen atoms in total. The van der Waals surface area contributed by atoms with Crippen molar-refractivity contribution in [1.82, 2.24) is 9.97 Å². The molecule has 0 aromatic carbocycles. The van der Waals surface area contributed by atoms with Gasteiger partial charge in [-0.25, -0.2) is 9.97 Å². The molecule has 1 N–H and O–H groups in total. The highest BCUT2D eigenvalue weighted by molar-refractivity contribution is 14.1. The van der Waals surface area contributed by atoms with E-state index in [-0.39, 0.29) is 5.41 Å². The number of nitrogens with one attached hydrogen (secondary N) is 1. The first-order chi connectivity index (χ1) is 8.87. The van der Waals surface area contributed by atoms with Crippen LogP contribution in [0.25, 0.3) is 0 Å². The monoisotopic (exact) mass is 377 g/mol. The molecule has 5 heteroatoms. The summed E-state index contributed by atoms with van der Waals surface area (Å²) in [6.45, 7) is 10.2. The zero-order valence-electron chi connectivity index (χ0n) is 12.5. The van der Waals surface area contributed by atoms with Crippen LogP contribution in [0.15, 0.2) is 0 Å². The maximum atomic E-state index is 5.23.